The number of amides is 2. The van der Waals surface area contributed by atoms with E-state index in [0.29, 0.717) is 18.4 Å². The summed E-state index contributed by atoms with van der Waals surface area (Å²) in [4.78, 5) is 25.6. The molecule has 0 aliphatic heterocycles. The molecule has 0 heterocycles. The number of alkyl halides is 4. The van der Waals surface area contributed by atoms with Crippen molar-refractivity contribution >= 4 is 11.8 Å². The first-order valence-corrected chi connectivity index (χ1v) is 14.0. The van der Waals surface area contributed by atoms with Gasteiger partial charge in [0, 0.05) is 12.5 Å². The second-order valence-corrected chi connectivity index (χ2v) is 12.3. The minimum Gasteiger partial charge on any atom is -0.353 e. The van der Waals surface area contributed by atoms with Gasteiger partial charge in [-0.25, -0.2) is 4.39 Å². The largest absolute Gasteiger partial charge is 0.407 e. The number of hydrogen-bond acceptors (Lipinski definition) is 4. The van der Waals surface area contributed by atoms with Crippen molar-refractivity contribution in [2.24, 2.45) is 0 Å². The normalized spacial score (nSPS) is 20.3. The Labute approximate surface area is 236 Å². The third-order valence-corrected chi connectivity index (χ3v) is 8.14. The predicted molar refractivity (Wildman–Crippen MR) is 145 cm³/mol. The first kappa shape index (κ1) is 29.1. The highest BCUT2D eigenvalue weighted by Gasteiger charge is 2.52. The van der Waals surface area contributed by atoms with Crippen LogP contribution in [-0.2, 0) is 15.0 Å². The monoisotopic (exact) mass is 570 g/mol. The molecule has 0 aromatic heterocycles. The van der Waals surface area contributed by atoms with Crippen LogP contribution in [0.2, 0.25) is 0 Å². The summed E-state index contributed by atoms with van der Waals surface area (Å²) in [7, 11) is 0. The second-order valence-electron chi connectivity index (χ2n) is 12.3. The van der Waals surface area contributed by atoms with Gasteiger partial charge in [-0.1, -0.05) is 48.5 Å². The fraction of sp³-hybridized carbons (Fsp3) is 0.516. The molecule has 218 valence electrons. The molecule has 0 spiro atoms. The Morgan fingerprint density at radius 3 is 1.95 bits per heavy atom. The second kappa shape index (κ2) is 10.4. The molecule has 3 aliphatic rings. The van der Waals surface area contributed by atoms with Gasteiger partial charge >= 0.3 is 6.18 Å². The van der Waals surface area contributed by atoms with Crippen LogP contribution in [0.1, 0.15) is 76.0 Å². The minimum atomic E-state index is -4.77. The van der Waals surface area contributed by atoms with E-state index in [1.807, 2.05) is 30.3 Å². The fourth-order valence-electron chi connectivity index (χ4n) is 5.18. The zero-order valence-electron chi connectivity index (χ0n) is 23.1. The van der Waals surface area contributed by atoms with Crippen LogP contribution in [0.3, 0.4) is 0 Å². The van der Waals surface area contributed by atoms with Crippen LogP contribution in [0, 0.1) is 11.3 Å². The van der Waals surface area contributed by atoms with Crippen molar-refractivity contribution in [3.05, 3.63) is 59.7 Å². The van der Waals surface area contributed by atoms with Gasteiger partial charge in [0.15, 0.2) is 0 Å². The van der Waals surface area contributed by atoms with Crippen molar-refractivity contribution in [2.45, 2.75) is 99.7 Å². The number of benzene rings is 2. The molecule has 2 aromatic rings. The lowest BCUT2D eigenvalue weighted by molar-refractivity contribution is -0.161. The molecule has 3 saturated carbocycles. The lowest BCUT2D eigenvalue weighted by atomic mass is 9.92. The van der Waals surface area contributed by atoms with E-state index in [9.17, 15) is 32.4 Å². The first-order valence-electron chi connectivity index (χ1n) is 14.0. The SMILES string of the molecule is CC(C)(F)C[C@H](N[C@@H](c1ccc(-c2ccc(C3(C(=O)NC4CC4)CC3)cc2)cc1)C(F)(F)F)C(=O)NC1(C#N)CC1. The first-order chi connectivity index (χ1) is 19.2. The van der Waals surface area contributed by atoms with Crippen molar-refractivity contribution in [1.82, 2.24) is 16.0 Å². The van der Waals surface area contributed by atoms with Gasteiger partial charge in [-0.05, 0) is 74.6 Å². The van der Waals surface area contributed by atoms with E-state index >= 15 is 0 Å². The van der Waals surface area contributed by atoms with Crippen LogP contribution in [0.4, 0.5) is 17.6 Å². The molecule has 10 heteroatoms. The van der Waals surface area contributed by atoms with Gasteiger partial charge in [-0.2, -0.15) is 18.4 Å². The number of halogens is 4. The Morgan fingerprint density at radius 2 is 1.51 bits per heavy atom. The van der Waals surface area contributed by atoms with Gasteiger partial charge < -0.3 is 10.6 Å². The lowest BCUT2D eigenvalue weighted by Gasteiger charge is -2.30. The molecule has 0 bridgehead atoms. The number of hydrogen-bond donors (Lipinski definition) is 3. The maximum atomic E-state index is 14.5. The zero-order valence-corrected chi connectivity index (χ0v) is 23.1. The number of nitrogens with zero attached hydrogens (tertiary/aromatic N) is 1. The molecule has 2 aromatic carbocycles. The van der Waals surface area contributed by atoms with E-state index in [2.05, 4.69) is 16.0 Å². The summed E-state index contributed by atoms with van der Waals surface area (Å²) < 4.78 is 57.3. The molecule has 6 nitrogen and oxygen atoms in total. The van der Waals surface area contributed by atoms with Gasteiger partial charge in [0.1, 0.15) is 17.2 Å². The Hall–Kier alpha value is -3.45. The third kappa shape index (κ3) is 6.72. The van der Waals surface area contributed by atoms with Crippen LogP contribution in [0.5, 0.6) is 0 Å². The molecule has 2 atom stereocenters. The highest BCUT2D eigenvalue weighted by atomic mass is 19.4. The van der Waals surface area contributed by atoms with Crippen molar-refractivity contribution in [3.63, 3.8) is 0 Å². The average molecular weight is 571 g/mol. The molecular weight excluding hydrogens is 536 g/mol. The molecule has 0 radical (unpaired) electrons. The van der Waals surface area contributed by atoms with E-state index < -0.39 is 47.2 Å². The van der Waals surface area contributed by atoms with Gasteiger partial charge in [-0.3, -0.25) is 14.9 Å². The van der Waals surface area contributed by atoms with Crippen molar-refractivity contribution < 1.29 is 27.2 Å². The molecule has 41 heavy (non-hydrogen) atoms. The summed E-state index contributed by atoms with van der Waals surface area (Å²) >= 11 is 0. The highest BCUT2D eigenvalue weighted by Crippen LogP contribution is 2.49. The topological polar surface area (TPSA) is 94.0 Å². The predicted octanol–water partition coefficient (Wildman–Crippen LogP) is 5.54. The van der Waals surface area contributed by atoms with Crippen LogP contribution in [0.25, 0.3) is 11.1 Å². The molecule has 0 unspecified atom stereocenters. The van der Waals surface area contributed by atoms with Gasteiger partial charge in [0.2, 0.25) is 11.8 Å². The third-order valence-electron chi connectivity index (χ3n) is 8.14. The van der Waals surface area contributed by atoms with Crippen LogP contribution >= 0.6 is 0 Å². The number of nitrogens with one attached hydrogen (secondary N) is 3. The van der Waals surface area contributed by atoms with E-state index in [1.165, 1.54) is 26.0 Å². The standard InChI is InChI=1S/C31H34F4N4O2/c1-28(2,32)17-24(26(40)39-29(18-36)13-14-29)38-25(31(33,34)35)21-5-3-19(4-6-21)20-7-9-22(10-8-20)30(15-16-30)27(41)37-23-11-12-23/h3-10,23-25,38H,11-17H2,1-2H3,(H,37,41)(H,39,40)/t24-,25-/m0/s1. The van der Waals surface area contributed by atoms with Crippen LogP contribution in [0.15, 0.2) is 48.5 Å². The Balaban J connectivity index is 1.32. The average Bonchev–Trinajstić information content (AvgIpc) is 3.77. The summed E-state index contributed by atoms with van der Waals surface area (Å²) in [6.07, 6.45) is -0.841. The molecular formula is C31H34F4N4O2. The minimum absolute atomic E-state index is 0.0610. The number of carbonyl (C=O) groups is 2. The van der Waals surface area contributed by atoms with Crippen LogP contribution < -0.4 is 16.0 Å². The van der Waals surface area contributed by atoms with Crippen molar-refractivity contribution in [1.29, 1.82) is 5.26 Å². The quantitative estimate of drug-likeness (QED) is 0.310. The number of nitriles is 1. The summed E-state index contributed by atoms with van der Waals surface area (Å²) in [5.74, 6) is -0.772. The van der Waals surface area contributed by atoms with Crippen LogP contribution in [-0.4, -0.2) is 41.3 Å². The molecule has 3 N–H and O–H groups in total. The lowest BCUT2D eigenvalue weighted by Crippen LogP contribution is -2.53. The maximum Gasteiger partial charge on any atom is 0.407 e. The number of carbonyl (C=O) groups excluding carboxylic acids is 2. The maximum absolute atomic E-state index is 14.5. The summed E-state index contributed by atoms with van der Waals surface area (Å²) in [5, 5.41) is 17.2. The van der Waals surface area contributed by atoms with Crippen molar-refractivity contribution in [2.75, 3.05) is 0 Å². The molecule has 5 rings (SSSR count). The van der Waals surface area contributed by atoms with E-state index in [1.54, 1.807) is 12.1 Å². The molecule has 3 fully saturated rings. The van der Waals surface area contributed by atoms with Gasteiger partial charge in [-0.15, -0.1) is 0 Å². The number of rotatable bonds is 11. The van der Waals surface area contributed by atoms with Crippen molar-refractivity contribution in [3.8, 4) is 17.2 Å². The van der Waals surface area contributed by atoms with Gasteiger partial charge in [0.05, 0.1) is 17.5 Å². The van der Waals surface area contributed by atoms with E-state index in [4.69, 9.17) is 0 Å². The Bertz CT molecular complexity index is 1330. The summed E-state index contributed by atoms with van der Waals surface area (Å²) in [5.41, 5.74) is -1.22. The fourth-order valence-corrected chi connectivity index (χ4v) is 5.18. The summed E-state index contributed by atoms with van der Waals surface area (Å²) in [6, 6.07) is 11.9. The smallest absolute Gasteiger partial charge is 0.353 e. The Morgan fingerprint density at radius 1 is 0.951 bits per heavy atom. The molecule has 2 amide bonds. The Kier molecular flexibility index (Phi) is 7.39. The van der Waals surface area contributed by atoms with Gasteiger partial charge in [0.25, 0.3) is 0 Å². The highest BCUT2D eigenvalue weighted by molar-refractivity contribution is 5.91. The van der Waals surface area contributed by atoms with E-state index in [-0.39, 0.29) is 17.5 Å². The van der Waals surface area contributed by atoms with E-state index in [0.717, 1.165) is 36.8 Å². The zero-order chi connectivity index (χ0) is 29.6. The molecule has 0 saturated heterocycles. The molecule has 3 aliphatic carbocycles. The summed E-state index contributed by atoms with van der Waals surface area (Å²) in [6.45, 7) is 2.39.